The fraction of sp³-hybridized carbons (Fsp3) is 0.125. The summed E-state index contributed by atoms with van der Waals surface area (Å²) in [6, 6.07) is 0. The van der Waals surface area contributed by atoms with Crippen molar-refractivity contribution in [3.8, 4) is 11.3 Å². The normalized spacial score (nSPS) is 10.4. The maximum Gasteiger partial charge on any atom is 0.352 e. The molecule has 0 radical (unpaired) electrons. The molecule has 0 aromatic carbocycles. The third-order valence-electron chi connectivity index (χ3n) is 2.23. The fourth-order valence-electron chi connectivity index (χ4n) is 1.51. The van der Waals surface area contributed by atoms with Crippen LogP contribution in [0.5, 0.6) is 0 Å². The number of aromatic nitrogens is 4. The highest BCUT2D eigenvalue weighted by molar-refractivity contribution is 5.95. The highest BCUT2D eigenvalue weighted by Crippen LogP contribution is 2.29. The summed E-state index contributed by atoms with van der Waals surface area (Å²) in [6.45, 7) is 0. The van der Waals surface area contributed by atoms with Gasteiger partial charge in [-0.3, -0.25) is 4.68 Å². The molecule has 88 valence electrons. The van der Waals surface area contributed by atoms with Crippen molar-refractivity contribution in [1.82, 2.24) is 20.0 Å². The standard InChI is InChI=1S/C8H7N5O4/c1-12-6(5(3-10-12)8(14)15)4-2-9-11-7(4)13(16)17/h2-3H,1H3,(H,9,11)(H,14,15). The van der Waals surface area contributed by atoms with Crippen molar-refractivity contribution < 1.29 is 14.8 Å². The molecule has 0 unspecified atom stereocenters. The van der Waals surface area contributed by atoms with Gasteiger partial charge < -0.3 is 15.2 Å². The van der Waals surface area contributed by atoms with Crippen molar-refractivity contribution in [2.45, 2.75) is 0 Å². The average Bonchev–Trinajstić information content (AvgIpc) is 2.82. The van der Waals surface area contributed by atoms with Crippen LogP contribution in [0.15, 0.2) is 12.4 Å². The van der Waals surface area contributed by atoms with Crippen LogP contribution >= 0.6 is 0 Å². The van der Waals surface area contributed by atoms with E-state index < -0.39 is 10.9 Å². The number of nitrogens with one attached hydrogen (secondary N) is 1. The van der Waals surface area contributed by atoms with Crippen molar-refractivity contribution in [1.29, 1.82) is 0 Å². The number of carbonyl (C=O) groups is 1. The molecule has 2 aromatic heterocycles. The minimum Gasteiger partial charge on any atom is -0.478 e. The number of nitrogens with zero attached hydrogens (tertiary/aromatic N) is 4. The number of aryl methyl sites for hydroxylation is 1. The van der Waals surface area contributed by atoms with Gasteiger partial charge in [0.2, 0.25) is 0 Å². The van der Waals surface area contributed by atoms with E-state index in [4.69, 9.17) is 5.11 Å². The number of aromatic amines is 1. The molecular weight excluding hydrogens is 230 g/mol. The largest absolute Gasteiger partial charge is 0.478 e. The molecule has 2 aromatic rings. The number of H-pyrrole nitrogens is 1. The summed E-state index contributed by atoms with van der Waals surface area (Å²) < 4.78 is 1.25. The first-order chi connectivity index (χ1) is 8.02. The number of nitro groups is 1. The molecule has 0 saturated heterocycles. The molecule has 9 nitrogen and oxygen atoms in total. The molecule has 0 saturated carbocycles. The SMILES string of the molecule is Cn1ncc(C(=O)O)c1-c1cn[nH]c1[N+](=O)[O-]. The molecule has 0 aliphatic heterocycles. The second-order valence-electron chi connectivity index (χ2n) is 3.23. The number of carboxylic acids is 1. The van der Waals surface area contributed by atoms with Crippen LogP contribution in [-0.2, 0) is 7.05 Å². The second kappa shape index (κ2) is 3.70. The van der Waals surface area contributed by atoms with Crippen LogP contribution in [0.1, 0.15) is 10.4 Å². The van der Waals surface area contributed by atoms with Crippen molar-refractivity contribution in [3.63, 3.8) is 0 Å². The van der Waals surface area contributed by atoms with E-state index in [1.807, 2.05) is 0 Å². The Hall–Kier alpha value is -2.71. The molecule has 0 spiro atoms. The molecule has 2 heterocycles. The fourth-order valence-corrected chi connectivity index (χ4v) is 1.51. The minimum absolute atomic E-state index is 0.0902. The van der Waals surface area contributed by atoms with Crippen LogP contribution in [0.4, 0.5) is 5.82 Å². The monoisotopic (exact) mass is 237 g/mol. The van der Waals surface area contributed by atoms with Crippen molar-refractivity contribution in [2.24, 2.45) is 7.05 Å². The molecule has 9 heteroatoms. The first-order valence-electron chi connectivity index (χ1n) is 4.45. The number of hydrogen-bond acceptors (Lipinski definition) is 5. The summed E-state index contributed by atoms with van der Waals surface area (Å²) in [5.74, 6) is -1.57. The number of carboxylic acid groups (broad SMARTS) is 1. The number of rotatable bonds is 3. The molecule has 0 bridgehead atoms. The van der Waals surface area contributed by atoms with E-state index >= 15 is 0 Å². The van der Waals surface area contributed by atoms with E-state index in [2.05, 4.69) is 15.3 Å². The Balaban J connectivity index is 2.68. The maximum atomic E-state index is 11.0. The molecule has 0 amide bonds. The van der Waals surface area contributed by atoms with Gasteiger partial charge in [0.15, 0.2) is 0 Å². The smallest absolute Gasteiger partial charge is 0.352 e. The van der Waals surface area contributed by atoms with Gasteiger partial charge in [-0.25, -0.2) is 4.79 Å². The zero-order valence-corrected chi connectivity index (χ0v) is 8.62. The molecule has 0 aliphatic carbocycles. The van der Waals surface area contributed by atoms with Gasteiger partial charge in [-0.2, -0.15) is 5.10 Å². The van der Waals surface area contributed by atoms with Gasteiger partial charge in [-0.15, -0.1) is 5.10 Å². The van der Waals surface area contributed by atoms with Crippen LogP contribution in [-0.4, -0.2) is 36.0 Å². The van der Waals surface area contributed by atoms with Gasteiger partial charge in [0.05, 0.1) is 18.1 Å². The molecule has 2 rings (SSSR count). The lowest BCUT2D eigenvalue weighted by atomic mass is 10.1. The van der Waals surface area contributed by atoms with Gasteiger partial charge in [0.1, 0.15) is 11.1 Å². The summed E-state index contributed by atoms with van der Waals surface area (Å²) in [5.41, 5.74) is 0.113. The second-order valence-corrected chi connectivity index (χ2v) is 3.23. The Bertz CT molecular complexity index is 599. The van der Waals surface area contributed by atoms with Crippen molar-refractivity contribution in [3.05, 3.63) is 28.1 Å². The van der Waals surface area contributed by atoms with Crippen LogP contribution in [0, 0.1) is 10.1 Å². The third-order valence-corrected chi connectivity index (χ3v) is 2.23. The minimum atomic E-state index is -1.21. The van der Waals surface area contributed by atoms with Gasteiger partial charge in [0.25, 0.3) is 0 Å². The Morgan fingerprint density at radius 3 is 2.88 bits per heavy atom. The summed E-state index contributed by atoms with van der Waals surface area (Å²) in [7, 11) is 1.50. The zero-order valence-electron chi connectivity index (χ0n) is 8.62. The van der Waals surface area contributed by atoms with E-state index in [1.165, 1.54) is 17.9 Å². The molecular formula is C8H7N5O4. The molecule has 0 atom stereocenters. The quantitative estimate of drug-likeness (QED) is 0.588. The first-order valence-corrected chi connectivity index (χ1v) is 4.45. The lowest BCUT2D eigenvalue weighted by molar-refractivity contribution is -0.388. The Labute approximate surface area is 93.8 Å². The van der Waals surface area contributed by atoms with E-state index in [-0.39, 0.29) is 22.6 Å². The van der Waals surface area contributed by atoms with E-state index in [9.17, 15) is 14.9 Å². The molecule has 17 heavy (non-hydrogen) atoms. The predicted octanol–water partition coefficient (Wildman–Crippen LogP) is 0.417. The average molecular weight is 237 g/mol. The number of aromatic carboxylic acids is 1. The van der Waals surface area contributed by atoms with Gasteiger partial charge in [-0.1, -0.05) is 5.10 Å². The van der Waals surface area contributed by atoms with Crippen LogP contribution in [0.2, 0.25) is 0 Å². The first kappa shape index (κ1) is 10.8. The third kappa shape index (κ3) is 1.62. The van der Waals surface area contributed by atoms with Crippen LogP contribution in [0.3, 0.4) is 0 Å². The Kier molecular flexibility index (Phi) is 2.35. The van der Waals surface area contributed by atoms with E-state index in [1.54, 1.807) is 0 Å². The number of hydrogen-bond donors (Lipinski definition) is 2. The molecule has 0 fully saturated rings. The molecule has 0 aliphatic rings. The summed E-state index contributed by atoms with van der Waals surface area (Å²) in [4.78, 5) is 21.0. The van der Waals surface area contributed by atoms with Crippen molar-refractivity contribution >= 4 is 11.8 Å². The topological polar surface area (TPSA) is 127 Å². The van der Waals surface area contributed by atoms with E-state index in [0.29, 0.717) is 0 Å². The molecule has 2 N–H and O–H groups in total. The summed E-state index contributed by atoms with van der Waals surface area (Å²) in [6.07, 6.45) is 2.33. The van der Waals surface area contributed by atoms with Crippen molar-refractivity contribution in [2.75, 3.05) is 0 Å². The highest BCUT2D eigenvalue weighted by Gasteiger charge is 2.25. The summed E-state index contributed by atoms with van der Waals surface area (Å²) >= 11 is 0. The lowest BCUT2D eigenvalue weighted by Crippen LogP contribution is -2.02. The van der Waals surface area contributed by atoms with Gasteiger partial charge in [0, 0.05) is 7.05 Å². The van der Waals surface area contributed by atoms with Gasteiger partial charge in [-0.05, 0) is 4.92 Å². The van der Waals surface area contributed by atoms with E-state index in [0.717, 1.165) is 6.20 Å². The van der Waals surface area contributed by atoms with Crippen LogP contribution < -0.4 is 0 Å². The predicted molar refractivity (Wildman–Crippen MR) is 54.4 cm³/mol. The Morgan fingerprint density at radius 2 is 2.29 bits per heavy atom. The summed E-state index contributed by atoms with van der Waals surface area (Å²) in [5, 5.41) is 29.2. The highest BCUT2D eigenvalue weighted by atomic mass is 16.6. The van der Waals surface area contributed by atoms with Crippen LogP contribution in [0.25, 0.3) is 11.3 Å². The van der Waals surface area contributed by atoms with Gasteiger partial charge >= 0.3 is 11.8 Å². The Morgan fingerprint density at radius 1 is 1.59 bits per heavy atom. The lowest BCUT2D eigenvalue weighted by Gasteiger charge is -2.00. The zero-order chi connectivity index (χ0) is 12.6. The maximum absolute atomic E-state index is 11.0.